The largest absolute Gasteiger partial charge is 0.493 e. The molecule has 8 nitrogen and oxygen atoms in total. The number of guanidine groups is 1. The molecule has 0 aliphatic carbocycles. The van der Waals surface area contributed by atoms with E-state index in [1.54, 1.807) is 4.40 Å². The Kier molecular flexibility index (Phi) is 7.56. The minimum absolute atomic E-state index is 0.0971. The molecule has 3 heterocycles. The smallest absolute Gasteiger partial charge is 0.219 e. The van der Waals surface area contributed by atoms with E-state index < -0.39 is 0 Å². The maximum absolute atomic E-state index is 10.4. The second-order valence-corrected chi connectivity index (χ2v) is 8.43. The monoisotopic (exact) mass is 437 g/mol. The summed E-state index contributed by atoms with van der Waals surface area (Å²) in [5.74, 6) is 1.20. The molecule has 4 rings (SSSR count). The van der Waals surface area contributed by atoms with Gasteiger partial charge in [0, 0.05) is 36.8 Å². The highest BCUT2D eigenvalue weighted by atomic mass is 16.3. The van der Waals surface area contributed by atoms with Crippen LogP contribution in [0.15, 0.2) is 35.5 Å². The second kappa shape index (κ2) is 10.3. The van der Waals surface area contributed by atoms with E-state index in [2.05, 4.69) is 65.3 Å². The van der Waals surface area contributed by atoms with E-state index in [9.17, 15) is 5.11 Å². The van der Waals surface area contributed by atoms with Crippen LogP contribution >= 0.6 is 0 Å². The van der Waals surface area contributed by atoms with Crippen molar-refractivity contribution in [3.63, 3.8) is 0 Å². The van der Waals surface area contributed by atoms with Crippen molar-refractivity contribution in [1.82, 2.24) is 14.4 Å². The van der Waals surface area contributed by atoms with E-state index in [-0.39, 0.29) is 17.8 Å². The number of imidazole rings is 1. The lowest BCUT2D eigenvalue weighted by atomic mass is 10.0. The standard InChI is InChI=1S/C15H24N6O.C9H11N/c1-4-9(2)12-14(22)21-8-10(3)19-11(13(21)20-12)6-5-7-18-15(16)17;1-7-6-10-9-5-3-2-4-8(7)9/h8-9,22H,4-7H2,1-3H3,(H4,16,17,18);2-5,7,10H,6H2,1H3. The molecule has 2 aromatic heterocycles. The summed E-state index contributed by atoms with van der Waals surface area (Å²) in [4.78, 5) is 13.1. The van der Waals surface area contributed by atoms with E-state index in [4.69, 9.17) is 11.5 Å². The molecule has 172 valence electrons. The normalized spacial score (nSPS) is 15.4. The van der Waals surface area contributed by atoms with Crippen LogP contribution in [-0.2, 0) is 6.42 Å². The highest BCUT2D eigenvalue weighted by Crippen LogP contribution is 2.30. The number of aromatic nitrogens is 3. The molecule has 3 aromatic rings. The Morgan fingerprint density at radius 3 is 2.75 bits per heavy atom. The maximum atomic E-state index is 10.4. The summed E-state index contributed by atoms with van der Waals surface area (Å²) in [5, 5.41) is 13.8. The van der Waals surface area contributed by atoms with Gasteiger partial charge in [0.25, 0.3) is 0 Å². The van der Waals surface area contributed by atoms with Gasteiger partial charge in [-0.1, -0.05) is 39.0 Å². The van der Waals surface area contributed by atoms with Gasteiger partial charge in [-0.2, -0.15) is 0 Å². The van der Waals surface area contributed by atoms with E-state index in [1.165, 1.54) is 11.3 Å². The molecule has 8 heteroatoms. The van der Waals surface area contributed by atoms with E-state index in [1.807, 2.05) is 13.1 Å². The van der Waals surface area contributed by atoms with Crippen LogP contribution < -0.4 is 16.8 Å². The molecule has 0 fully saturated rings. The lowest BCUT2D eigenvalue weighted by Gasteiger charge is -2.05. The lowest BCUT2D eigenvalue weighted by molar-refractivity contribution is 0.434. The molecule has 32 heavy (non-hydrogen) atoms. The number of aliphatic imine (C=N–C) groups is 1. The molecule has 2 unspecified atom stereocenters. The van der Waals surface area contributed by atoms with Crippen molar-refractivity contribution in [2.24, 2.45) is 16.5 Å². The molecule has 1 aromatic carbocycles. The number of nitrogens with one attached hydrogen (secondary N) is 1. The highest BCUT2D eigenvalue weighted by molar-refractivity contribution is 5.75. The predicted molar refractivity (Wildman–Crippen MR) is 130 cm³/mol. The number of nitrogens with zero attached hydrogens (tertiary/aromatic N) is 4. The highest BCUT2D eigenvalue weighted by Gasteiger charge is 2.19. The number of aromatic hydroxyl groups is 1. The average molecular weight is 438 g/mol. The number of hydrogen-bond acceptors (Lipinski definition) is 5. The van der Waals surface area contributed by atoms with Crippen molar-refractivity contribution in [2.75, 3.05) is 18.4 Å². The van der Waals surface area contributed by atoms with Crippen molar-refractivity contribution in [1.29, 1.82) is 0 Å². The molecule has 0 saturated carbocycles. The third-order valence-electron chi connectivity index (χ3n) is 5.83. The summed E-state index contributed by atoms with van der Waals surface area (Å²) in [6.45, 7) is 9.93. The summed E-state index contributed by atoms with van der Waals surface area (Å²) in [5.41, 5.74) is 16.5. The molecule has 2 atom stereocenters. The minimum atomic E-state index is 0.0971. The van der Waals surface area contributed by atoms with Crippen LogP contribution in [0.4, 0.5) is 5.69 Å². The molecule has 0 radical (unpaired) electrons. The molecule has 0 spiro atoms. The third kappa shape index (κ3) is 5.30. The Hall–Kier alpha value is -3.29. The van der Waals surface area contributed by atoms with Gasteiger partial charge in [0.1, 0.15) is 5.69 Å². The summed E-state index contributed by atoms with van der Waals surface area (Å²) >= 11 is 0. The summed E-state index contributed by atoms with van der Waals surface area (Å²) < 4.78 is 1.72. The van der Waals surface area contributed by atoms with Gasteiger partial charge in [0.05, 0.1) is 11.4 Å². The fraction of sp³-hybridized carbons (Fsp3) is 0.458. The van der Waals surface area contributed by atoms with Crippen LogP contribution in [0.25, 0.3) is 5.65 Å². The van der Waals surface area contributed by atoms with Crippen molar-refractivity contribution in [3.05, 3.63) is 53.1 Å². The minimum Gasteiger partial charge on any atom is -0.493 e. The molecule has 1 aliphatic rings. The van der Waals surface area contributed by atoms with E-state index in [0.29, 0.717) is 24.5 Å². The van der Waals surface area contributed by atoms with E-state index >= 15 is 0 Å². The van der Waals surface area contributed by atoms with Gasteiger partial charge in [-0.25, -0.2) is 4.98 Å². The zero-order valence-corrected chi connectivity index (χ0v) is 19.5. The van der Waals surface area contributed by atoms with Gasteiger partial charge in [-0.15, -0.1) is 0 Å². The van der Waals surface area contributed by atoms with Gasteiger partial charge in [-0.05, 0) is 37.8 Å². The SMILES string of the molecule is CC1CNc2ccccc21.CCC(C)c1nc2c(CCCN=C(N)N)nc(C)cn2c1O. The number of nitrogens with two attached hydrogens (primary N) is 2. The maximum Gasteiger partial charge on any atom is 0.219 e. The number of anilines is 1. The van der Waals surface area contributed by atoms with Crippen molar-refractivity contribution < 1.29 is 5.11 Å². The Bertz CT molecular complexity index is 1090. The van der Waals surface area contributed by atoms with Gasteiger partial charge < -0.3 is 21.9 Å². The molecular weight excluding hydrogens is 402 g/mol. The van der Waals surface area contributed by atoms with Crippen LogP contribution in [0.3, 0.4) is 0 Å². The number of rotatable bonds is 6. The number of para-hydroxylation sites is 1. The lowest BCUT2D eigenvalue weighted by Crippen LogP contribution is -2.23. The number of benzene rings is 1. The van der Waals surface area contributed by atoms with Crippen molar-refractivity contribution in [3.8, 4) is 5.88 Å². The van der Waals surface area contributed by atoms with Gasteiger partial charge in [0.15, 0.2) is 11.6 Å². The fourth-order valence-electron chi connectivity index (χ4n) is 3.85. The first kappa shape index (κ1) is 23.4. The molecule has 0 saturated heterocycles. The zero-order valence-electron chi connectivity index (χ0n) is 19.5. The molecular formula is C24H35N7O. The van der Waals surface area contributed by atoms with Crippen LogP contribution in [0.5, 0.6) is 5.88 Å². The van der Waals surface area contributed by atoms with E-state index in [0.717, 1.165) is 36.5 Å². The number of aryl methyl sites for hydroxylation is 2. The van der Waals surface area contributed by atoms with Crippen molar-refractivity contribution >= 4 is 17.3 Å². The van der Waals surface area contributed by atoms with Gasteiger partial charge in [-0.3, -0.25) is 14.4 Å². The number of hydrogen-bond donors (Lipinski definition) is 4. The second-order valence-electron chi connectivity index (χ2n) is 8.43. The van der Waals surface area contributed by atoms with Crippen LogP contribution in [0.2, 0.25) is 0 Å². The molecule has 6 N–H and O–H groups in total. The first-order valence-electron chi connectivity index (χ1n) is 11.3. The topological polar surface area (TPSA) is 127 Å². The summed E-state index contributed by atoms with van der Waals surface area (Å²) in [6.07, 6.45) is 4.21. The Balaban J connectivity index is 0.000000238. The third-order valence-corrected chi connectivity index (χ3v) is 5.83. The quantitative estimate of drug-likeness (QED) is 0.265. The fourth-order valence-corrected chi connectivity index (χ4v) is 3.85. The molecule has 0 amide bonds. The summed E-state index contributed by atoms with van der Waals surface area (Å²) in [6, 6.07) is 8.50. The molecule has 1 aliphatic heterocycles. The van der Waals surface area contributed by atoms with Crippen LogP contribution in [0, 0.1) is 6.92 Å². The Morgan fingerprint density at radius 2 is 2.06 bits per heavy atom. The van der Waals surface area contributed by atoms with Crippen molar-refractivity contribution in [2.45, 2.75) is 58.8 Å². The molecule has 0 bridgehead atoms. The number of fused-ring (bicyclic) bond motifs is 2. The first-order valence-corrected chi connectivity index (χ1v) is 11.3. The van der Waals surface area contributed by atoms with Gasteiger partial charge in [0.2, 0.25) is 5.88 Å². The average Bonchev–Trinajstić information content (AvgIpc) is 3.31. The summed E-state index contributed by atoms with van der Waals surface area (Å²) in [7, 11) is 0. The van der Waals surface area contributed by atoms with Crippen LogP contribution in [-0.4, -0.2) is 38.5 Å². The van der Waals surface area contributed by atoms with Gasteiger partial charge >= 0.3 is 0 Å². The zero-order chi connectivity index (χ0) is 23.3. The Morgan fingerprint density at radius 1 is 1.31 bits per heavy atom. The first-order chi connectivity index (χ1) is 15.3. The predicted octanol–water partition coefficient (Wildman–Crippen LogP) is 3.68. The van der Waals surface area contributed by atoms with Crippen LogP contribution in [0.1, 0.15) is 68.1 Å². The Labute approximate surface area is 189 Å².